The van der Waals surface area contributed by atoms with Crippen molar-refractivity contribution in [3.8, 4) is 0 Å². The van der Waals surface area contributed by atoms with Crippen LogP contribution in [0.15, 0.2) is 33.8 Å². The van der Waals surface area contributed by atoms with Gasteiger partial charge in [-0.15, -0.1) is 0 Å². The van der Waals surface area contributed by atoms with Crippen molar-refractivity contribution in [2.45, 2.75) is 19.9 Å². The molecule has 0 spiro atoms. The molecular formula is C14H15BrN2O3. The summed E-state index contributed by atoms with van der Waals surface area (Å²) in [5.74, 6) is -0.514. The van der Waals surface area contributed by atoms with E-state index in [9.17, 15) is 9.59 Å². The minimum absolute atomic E-state index is 0.103. The van der Waals surface area contributed by atoms with Gasteiger partial charge in [-0.2, -0.15) is 0 Å². The number of carbonyl (C=O) groups is 1. The Morgan fingerprint density at radius 1 is 1.50 bits per heavy atom. The van der Waals surface area contributed by atoms with E-state index >= 15 is 0 Å². The highest BCUT2D eigenvalue weighted by Gasteiger charge is 2.13. The summed E-state index contributed by atoms with van der Waals surface area (Å²) >= 11 is 3.34. The average Bonchev–Trinajstić information content (AvgIpc) is 2.46. The minimum Gasteiger partial charge on any atom is -0.469 e. The number of benzene rings is 1. The first kappa shape index (κ1) is 14.7. The van der Waals surface area contributed by atoms with Gasteiger partial charge < -0.3 is 4.74 Å². The van der Waals surface area contributed by atoms with E-state index in [-0.39, 0.29) is 17.4 Å². The van der Waals surface area contributed by atoms with Gasteiger partial charge in [-0.3, -0.25) is 14.2 Å². The Bertz CT molecular complexity index is 696. The largest absolute Gasteiger partial charge is 0.469 e. The van der Waals surface area contributed by atoms with Crippen LogP contribution >= 0.6 is 15.9 Å². The van der Waals surface area contributed by atoms with E-state index in [1.807, 2.05) is 6.07 Å². The Morgan fingerprint density at radius 3 is 2.95 bits per heavy atom. The van der Waals surface area contributed by atoms with Crippen LogP contribution in [0.2, 0.25) is 0 Å². The van der Waals surface area contributed by atoms with Crippen molar-refractivity contribution in [3.63, 3.8) is 0 Å². The molecule has 0 N–H and O–H groups in total. The molecule has 1 unspecified atom stereocenters. The third-order valence-corrected chi connectivity index (χ3v) is 3.69. The van der Waals surface area contributed by atoms with Crippen LogP contribution < -0.4 is 5.56 Å². The first-order chi connectivity index (χ1) is 9.52. The topological polar surface area (TPSA) is 61.2 Å². The number of fused-ring (bicyclic) bond motifs is 1. The number of methoxy groups -OCH3 is 1. The molecule has 1 aromatic carbocycles. The van der Waals surface area contributed by atoms with E-state index in [4.69, 9.17) is 0 Å². The zero-order valence-corrected chi connectivity index (χ0v) is 12.9. The van der Waals surface area contributed by atoms with Gasteiger partial charge in [0.2, 0.25) is 0 Å². The lowest BCUT2D eigenvalue weighted by molar-refractivity contribution is -0.145. The average molecular weight is 339 g/mol. The molecule has 1 aromatic heterocycles. The lowest BCUT2D eigenvalue weighted by Crippen LogP contribution is -2.23. The van der Waals surface area contributed by atoms with Crippen LogP contribution in [0, 0.1) is 5.92 Å². The third-order valence-electron chi connectivity index (χ3n) is 3.19. The quantitative estimate of drug-likeness (QED) is 0.803. The first-order valence-electron chi connectivity index (χ1n) is 6.25. The zero-order valence-electron chi connectivity index (χ0n) is 11.3. The molecule has 106 valence electrons. The molecule has 0 saturated carbocycles. The Morgan fingerprint density at radius 2 is 2.25 bits per heavy atom. The number of aromatic nitrogens is 2. The molecule has 0 aliphatic carbocycles. The monoisotopic (exact) mass is 338 g/mol. The molecule has 0 aliphatic rings. The molecular weight excluding hydrogens is 324 g/mol. The minimum atomic E-state index is -0.269. The molecule has 5 nitrogen and oxygen atoms in total. The maximum atomic E-state index is 12.3. The number of nitrogens with zero attached hydrogens (tertiary/aromatic N) is 2. The summed E-state index contributed by atoms with van der Waals surface area (Å²) in [6.45, 7) is 2.21. The van der Waals surface area contributed by atoms with Crippen LogP contribution in [-0.2, 0) is 16.1 Å². The van der Waals surface area contributed by atoms with E-state index < -0.39 is 0 Å². The third kappa shape index (κ3) is 3.07. The molecule has 1 atom stereocenters. The zero-order chi connectivity index (χ0) is 14.7. The molecule has 0 radical (unpaired) electrons. The Kier molecular flexibility index (Phi) is 4.54. The SMILES string of the molecule is COC(=O)C(C)CCn1cnc2ccc(Br)cc2c1=O. The van der Waals surface area contributed by atoms with Crippen molar-refractivity contribution in [1.29, 1.82) is 0 Å². The number of rotatable bonds is 4. The lowest BCUT2D eigenvalue weighted by atomic mass is 10.1. The summed E-state index contributed by atoms with van der Waals surface area (Å²) in [7, 11) is 1.36. The van der Waals surface area contributed by atoms with Crippen molar-refractivity contribution < 1.29 is 9.53 Å². The summed E-state index contributed by atoms with van der Waals surface area (Å²) in [6, 6.07) is 5.39. The van der Waals surface area contributed by atoms with Crippen LogP contribution in [-0.4, -0.2) is 22.6 Å². The highest BCUT2D eigenvalue weighted by Crippen LogP contribution is 2.15. The molecule has 2 aromatic rings. The molecule has 0 fully saturated rings. The summed E-state index contributed by atoms with van der Waals surface area (Å²) in [5.41, 5.74) is 0.559. The van der Waals surface area contributed by atoms with E-state index in [1.54, 1.807) is 19.1 Å². The van der Waals surface area contributed by atoms with Gasteiger partial charge in [0.15, 0.2) is 0 Å². The molecule has 20 heavy (non-hydrogen) atoms. The summed E-state index contributed by atoms with van der Waals surface area (Å²) in [4.78, 5) is 27.9. The second kappa shape index (κ2) is 6.17. The summed E-state index contributed by atoms with van der Waals surface area (Å²) in [5, 5.41) is 0.563. The number of carbonyl (C=O) groups excluding carboxylic acids is 1. The normalized spacial score (nSPS) is 12.3. The maximum absolute atomic E-state index is 12.3. The molecule has 0 amide bonds. The predicted molar refractivity (Wildman–Crippen MR) is 79.5 cm³/mol. The second-order valence-electron chi connectivity index (χ2n) is 4.62. The fourth-order valence-corrected chi connectivity index (χ4v) is 2.30. The predicted octanol–water partition coefficient (Wildman–Crippen LogP) is 2.36. The van der Waals surface area contributed by atoms with Crippen molar-refractivity contribution in [3.05, 3.63) is 39.4 Å². The van der Waals surface area contributed by atoms with Gasteiger partial charge in [0.1, 0.15) is 0 Å². The van der Waals surface area contributed by atoms with Crippen molar-refractivity contribution in [2.75, 3.05) is 7.11 Å². The first-order valence-corrected chi connectivity index (χ1v) is 7.04. The van der Waals surface area contributed by atoms with Crippen molar-refractivity contribution in [2.24, 2.45) is 5.92 Å². The van der Waals surface area contributed by atoms with Crippen LogP contribution in [0.1, 0.15) is 13.3 Å². The lowest BCUT2D eigenvalue weighted by Gasteiger charge is -2.10. The maximum Gasteiger partial charge on any atom is 0.308 e. The van der Waals surface area contributed by atoms with Gasteiger partial charge >= 0.3 is 5.97 Å². The Hall–Kier alpha value is -1.69. The number of hydrogen-bond acceptors (Lipinski definition) is 4. The summed E-state index contributed by atoms with van der Waals surface area (Å²) < 4.78 is 7.03. The van der Waals surface area contributed by atoms with Gasteiger partial charge in [-0.05, 0) is 24.6 Å². The number of halogens is 1. The summed E-state index contributed by atoms with van der Waals surface area (Å²) in [6.07, 6.45) is 2.05. The van der Waals surface area contributed by atoms with E-state index in [0.717, 1.165) is 4.47 Å². The van der Waals surface area contributed by atoms with Crippen molar-refractivity contribution >= 4 is 32.8 Å². The molecule has 0 bridgehead atoms. The Labute approximate surface area is 124 Å². The molecule has 1 heterocycles. The van der Waals surface area contributed by atoms with E-state index in [1.165, 1.54) is 18.0 Å². The number of aryl methyl sites for hydroxylation is 1. The molecule has 0 saturated heterocycles. The molecule has 6 heteroatoms. The van der Waals surface area contributed by atoms with Crippen LogP contribution in [0.4, 0.5) is 0 Å². The van der Waals surface area contributed by atoms with Crippen LogP contribution in [0.5, 0.6) is 0 Å². The second-order valence-corrected chi connectivity index (χ2v) is 5.53. The van der Waals surface area contributed by atoms with Crippen LogP contribution in [0.3, 0.4) is 0 Å². The fourth-order valence-electron chi connectivity index (χ4n) is 1.94. The smallest absolute Gasteiger partial charge is 0.308 e. The molecule has 2 rings (SSSR count). The standard InChI is InChI=1S/C14H15BrN2O3/c1-9(14(19)20-2)5-6-17-8-16-12-4-3-10(15)7-11(12)13(17)18/h3-4,7-9H,5-6H2,1-2H3. The van der Waals surface area contributed by atoms with Gasteiger partial charge in [-0.1, -0.05) is 22.9 Å². The number of hydrogen-bond donors (Lipinski definition) is 0. The fraction of sp³-hybridized carbons (Fsp3) is 0.357. The van der Waals surface area contributed by atoms with Gasteiger partial charge in [0.05, 0.1) is 30.3 Å². The highest BCUT2D eigenvalue weighted by molar-refractivity contribution is 9.10. The van der Waals surface area contributed by atoms with Gasteiger partial charge in [0.25, 0.3) is 5.56 Å². The van der Waals surface area contributed by atoms with Crippen LogP contribution in [0.25, 0.3) is 10.9 Å². The van der Waals surface area contributed by atoms with E-state index in [2.05, 4.69) is 25.7 Å². The number of ether oxygens (including phenoxy) is 1. The highest BCUT2D eigenvalue weighted by atomic mass is 79.9. The van der Waals surface area contributed by atoms with Gasteiger partial charge in [-0.25, -0.2) is 4.98 Å². The van der Waals surface area contributed by atoms with Crippen molar-refractivity contribution in [1.82, 2.24) is 9.55 Å². The number of esters is 1. The Balaban J connectivity index is 2.25. The van der Waals surface area contributed by atoms with E-state index in [0.29, 0.717) is 23.9 Å². The van der Waals surface area contributed by atoms with Gasteiger partial charge in [0, 0.05) is 11.0 Å². The molecule has 0 aliphatic heterocycles.